The van der Waals surface area contributed by atoms with Crippen molar-refractivity contribution in [3.05, 3.63) is 29.8 Å². The van der Waals surface area contributed by atoms with Gasteiger partial charge in [-0.3, -0.25) is 9.69 Å². The number of aliphatic hydroxyl groups excluding tert-OH is 1. The molecule has 2 N–H and O–H groups in total. The number of nitrogens with zero attached hydrogens (tertiary/aromatic N) is 1. The van der Waals surface area contributed by atoms with Crippen molar-refractivity contribution in [1.29, 1.82) is 0 Å². The number of rotatable bonds is 9. The van der Waals surface area contributed by atoms with Crippen LogP contribution in [0.3, 0.4) is 0 Å². The number of halogens is 1. The Hall–Kier alpha value is -1.07. The fourth-order valence-electron chi connectivity index (χ4n) is 5.63. The van der Waals surface area contributed by atoms with Crippen molar-refractivity contribution in [3.63, 3.8) is 0 Å². The van der Waals surface area contributed by atoms with Gasteiger partial charge in [-0.25, -0.2) is 0 Å². The Morgan fingerprint density at radius 2 is 1.97 bits per heavy atom. The van der Waals surface area contributed by atoms with E-state index in [1.54, 1.807) is 7.11 Å². The predicted molar refractivity (Wildman–Crippen MR) is 140 cm³/mol. The second-order valence-corrected chi connectivity index (χ2v) is 11.7. The number of carbonyl (C=O) groups excluding carboxylic acids is 1. The molecular formula is C26H39ClN2O6S. The highest BCUT2D eigenvalue weighted by atomic mass is 35.5. The first-order valence-corrected chi connectivity index (χ1v) is 14.5. The molecule has 0 aromatic heterocycles. The van der Waals surface area contributed by atoms with E-state index >= 15 is 0 Å². The molecule has 0 radical (unpaired) electrons. The number of hydrogen-bond donors (Lipinski definition) is 2. The van der Waals surface area contributed by atoms with Crippen LogP contribution in [0.1, 0.15) is 45.0 Å². The summed E-state index contributed by atoms with van der Waals surface area (Å²) in [5.41, 5.74) is 0.276. The minimum atomic E-state index is -0.887. The number of likely N-dealkylation sites (N-methyl/N-ethyl adjacent to an activating group) is 1. The van der Waals surface area contributed by atoms with E-state index in [4.69, 9.17) is 30.5 Å². The molecule has 1 aromatic carbocycles. The highest BCUT2D eigenvalue weighted by Gasteiger charge is 2.55. The molecule has 202 valence electrons. The number of nitrogens with one attached hydrogen (secondary N) is 1. The van der Waals surface area contributed by atoms with Crippen LogP contribution < -0.4 is 10.1 Å². The van der Waals surface area contributed by atoms with Crippen molar-refractivity contribution >= 4 is 29.3 Å². The summed E-state index contributed by atoms with van der Waals surface area (Å²) >= 11 is 8.06. The van der Waals surface area contributed by atoms with Crippen LogP contribution in [0.2, 0.25) is 0 Å². The first kappa shape index (κ1) is 28.0. The Balaban J connectivity index is 1.53. The number of ether oxygens (including phenoxy) is 4. The monoisotopic (exact) mass is 542 g/mol. The van der Waals surface area contributed by atoms with Crippen LogP contribution in [0.25, 0.3) is 0 Å². The number of benzene rings is 1. The van der Waals surface area contributed by atoms with E-state index in [0.717, 1.165) is 37.1 Å². The molecule has 1 aromatic rings. The molecule has 3 aliphatic rings. The van der Waals surface area contributed by atoms with E-state index in [1.807, 2.05) is 44.5 Å². The Labute approximate surface area is 223 Å². The molecule has 36 heavy (non-hydrogen) atoms. The molecule has 0 saturated carbocycles. The van der Waals surface area contributed by atoms with E-state index in [1.165, 1.54) is 11.8 Å². The molecule has 10 heteroatoms. The molecule has 8 unspecified atom stereocenters. The third-order valence-corrected chi connectivity index (χ3v) is 8.65. The fraction of sp³-hybridized carbons (Fsp3) is 0.731. The standard InChI is InChI=1S/C26H39ClN2O6S/c1-6-7-15-12-18(29(3)13-15)24(31)28-19(14(2)27)21-23-22(20(30)26(35-21)36-5)33-25(34-23)16-8-10-17(32-4)11-9-16/h8-11,14-15,18-23,25-26,30H,6-7,12-13H2,1-5H3,(H,28,31)/t14?,15?,18?,19?,20?,21?,22?,23-,25?,26-/m0/s1. The van der Waals surface area contributed by atoms with Crippen LogP contribution in [0.5, 0.6) is 5.75 Å². The molecule has 0 spiro atoms. The molecular weight excluding hydrogens is 504 g/mol. The molecule has 4 rings (SSSR count). The summed E-state index contributed by atoms with van der Waals surface area (Å²) < 4.78 is 24.1. The van der Waals surface area contributed by atoms with Gasteiger partial charge in [-0.2, -0.15) is 0 Å². The number of methoxy groups -OCH3 is 1. The highest BCUT2D eigenvalue weighted by molar-refractivity contribution is 7.99. The predicted octanol–water partition coefficient (Wildman–Crippen LogP) is 3.16. The first-order chi connectivity index (χ1) is 17.3. The Morgan fingerprint density at radius 3 is 2.58 bits per heavy atom. The SMILES string of the molecule is CCCC1CC(C(=O)NC(C(C)Cl)C2O[C@@H](SC)C(O)C3OC(c4ccc(OC)cc4)O[C@@H]23)N(C)C1. The van der Waals surface area contributed by atoms with E-state index in [2.05, 4.69) is 17.1 Å². The largest absolute Gasteiger partial charge is 0.497 e. The lowest BCUT2D eigenvalue weighted by atomic mass is 9.92. The highest BCUT2D eigenvalue weighted by Crippen LogP contribution is 2.42. The van der Waals surface area contributed by atoms with Gasteiger partial charge in [0, 0.05) is 12.1 Å². The van der Waals surface area contributed by atoms with Gasteiger partial charge in [-0.1, -0.05) is 25.5 Å². The molecule has 8 nitrogen and oxygen atoms in total. The second-order valence-electron chi connectivity index (χ2n) is 10.1. The van der Waals surface area contributed by atoms with Gasteiger partial charge in [0.2, 0.25) is 5.91 Å². The van der Waals surface area contributed by atoms with Crippen LogP contribution in [-0.4, -0.2) is 90.2 Å². The van der Waals surface area contributed by atoms with Crippen molar-refractivity contribution in [1.82, 2.24) is 10.2 Å². The molecule has 1 amide bonds. The van der Waals surface area contributed by atoms with Gasteiger partial charge in [0.05, 0.1) is 24.6 Å². The minimum absolute atomic E-state index is 0.0498. The quantitative estimate of drug-likeness (QED) is 0.460. The van der Waals surface area contributed by atoms with Crippen molar-refractivity contribution in [3.8, 4) is 5.75 Å². The Kier molecular flexibility index (Phi) is 9.47. The lowest BCUT2D eigenvalue weighted by Gasteiger charge is -2.43. The van der Waals surface area contributed by atoms with Crippen LogP contribution in [-0.2, 0) is 19.0 Å². The maximum Gasteiger partial charge on any atom is 0.237 e. The molecule has 10 atom stereocenters. The summed E-state index contributed by atoms with van der Waals surface area (Å²) in [5.74, 6) is 1.20. The maximum absolute atomic E-state index is 13.4. The first-order valence-electron chi connectivity index (χ1n) is 12.7. The number of carbonyl (C=O) groups is 1. The lowest BCUT2D eigenvalue weighted by molar-refractivity contribution is -0.167. The number of thioether (sulfide) groups is 1. The van der Waals surface area contributed by atoms with Crippen molar-refractivity contribution in [2.75, 3.05) is 27.0 Å². The summed E-state index contributed by atoms with van der Waals surface area (Å²) in [5, 5.41) is 13.7. The summed E-state index contributed by atoms with van der Waals surface area (Å²) in [6.07, 6.45) is 1.56. The zero-order chi connectivity index (χ0) is 26.0. The molecule has 0 aliphatic carbocycles. The van der Waals surface area contributed by atoms with E-state index in [9.17, 15) is 9.90 Å². The van der Waals surface area contributed by atoms with Gasteiger partial charge in [0.15, 0.2) is 6.29 Å². The summed E-state index contributed by atoms with van der Waals surface area (Å²) in [4.78, 5) is 15.5. The van der Waals surface area contributed by atoms with E-state index < -0.39 is 47.6 Å². The topological polar surface area (TPSA) is 89.5 Å². The second kappa shape index (κ2) is 12.2. The lowest BCUT2D eigenvalue weighted by Crippen LogP contribution is -2.64. The van der Waals surface area contributed by atoms with Crippen molar-refractivity contribution < 1.29 is 28.8 Å². The van der Waals surface area contributed by atoms with E-state index in [-0.39, 0.29) is 11.9 Å². The number of likely N-dealkylation sites (tertiary alicyclic amines) is 1. The van der Waals surface area contributed by atoms with Crippen molar-refractivity contribution in [2.45, 2.75) is 86.7 Å². The van der Waals surface area contributed by atoms with E-state index in [0.29, 0.717) is 5.92 Å². The van der Waals surface area contributed by atoms with Gasteiger partial charge < -0.3 is 29.4 Å². The summed E-state index contributed by atoms with van der Waals surface area (Å²) in [7, 11) is 3.61. The van der Waals surface area contributed by atoms with Crippen molar-refractivity contribution in [2.24, 2.45) is 5.92 Å². The van der Waals surface area contributed by atoms with Crippen LogP contribution in [0.15, 0.2) is 24.3 Å². The molecule has 3 saturated heterocycles. The normalized spacial score (nSPS) is 36.3. The number of hydrogen-bond acceptors (Lipinski definition) is 8. The van der Waals surface area contributed by atoms with Gasteiger partial charge in [0.1, 0.15) is 35.6 Å². The van der Waals surface area contributed by atoms with Gasteiger partial charge in [-0.15, -0.1) is 23.4 Å². The van der Waals surface area contributed by atoms with Crippen LogP contribution in [0, 0.1) is 5.92 Å². The van der Waals surface area contributed by atoms with Crippen LogP contribution in [0.4, 0.5) is 0 Å². The third kappa shape index (κ3) is 5.82. The Bertz CT molecular complexity index is 876. The maximum atomic E-state index is 13.4. The molecule has 0 bridgehead atoms. The zero-order valence-corrected chi connectivity index (χ0v) is 23.2. The minimum Gasteiger partial charge on any atom is -0.497 e. The summed E-state index contributed by atoms with van der Waals surface area (Å²) in [6.45, 7) is 4.94. The average Bonchev–Trinajstić information content (AvgIpc) is 3.47. The van der Waals surface area contributed by atoms with Gasteiger partial charge >= 0.3 is 0 Å². The van der Waals surface area contributed by atoms with Gasteiger partial charge in [-0.05, 0) is 51.1 Å². The Morgan fingerprint density at radius 1 is 1.28 bits per heavy atom. The fourth-order valence-corrected chi connectivity index (χ4v) is 6.51. The summed E-state index contributed by atoms with van der Waals surface area (Å²) in [6, 6.07) is 6.71. The molecule has 3 aliphatic heterocycles. The molecule has 3 heterocycles. The zero-order valence-electron chi connectivity index (χ0n) is 21.6. The number of amides is 1. The van der Waals surface area contributed by atoms with Gasteiger partial charge in [0.25, 0.3) is 0 Å². The average molecular weight is 543 g/mol. The number of fused-ring (bicyclic) bond motifs is 1. The van der Waals surface area contributed by atoms with Crippen LogP contribution >= 0.6 is 23.4 Å². The third-order valence-electron chi connectivity index (χ3n) is 7.53. The molecule has 3 fully saturated rings. The number of aliphatic hydroxyl groups is 1. The number of alkyl halides is 1. The smallest absolute Gasteiger partial charge is 0.237 e.